The SMILES string of the molecule is Cc1ccc(C(C)(C)C)cc1-c1ncnc(C)c1N. The Balaban J connectivity index is 2.65. The van der Waals surface area contributed by atoms with E-state index < -0.39 is 0 Å². The van der Waals surface area contributed by atoms with Gasteiger partial charge in [0.1, 0.15) is 6.33 Å². The summed E-state index contributed by atoms with van der Waals surface area (Å²) in [5.74, 6) is 0. The van der Waals surface area contributed by atoms with Crippen molar-refractivity contribution in [3.8, 4) is 11.3 Å². The molecule has 19 heavy (non-hydrogen) atoms. The summed E-state index contributed by atoms with van der Waals surface area (Å²) in [5, 5.41) is 0. The van der Waals surface area contributed by atoms with Crippen LogP contribution in [0.4, 0.5) is 5.69 Å². The summed E-state index contributed by atoms with van der Waals surface area (Å²) in [6.45, 7) is 10.6. The highest BCUT2D eigenvalue weighted by atomic mass is 14.9. The number of aryl methyl sites for hydroxylation is 2. The van der Waals surface area contributed by atoms with E-state index in [1.807, 2.05) is 6.92 Å². The normalized spacial score (nSPS) is 11.6. The van der Waals surface area contributed by atoms with Crippen molar-refractivity contribution >= 4 is 5.69 Å². The molecule has 0 unspecified atom stereocenters. The van der Waals surface area contributed by atoms with Crippen LogP contribution in [0.15, 0.2) is 24.5 Å². The fraction of sp³-hybridized carbons (Fsp3) is 0.375. The zero-order valence-corrected chi connectivity index (χ0v) is 12.3. The van der Waals surface area contributed by atoms with Crippen molar-refractivity contribution in [2.75, 3.05) is 5.73 Å². The highest BCUT2D eigenvalue weighted by Gasteiger charge is 2.17. The molecule has 2 aromatic rings. The van der Waals surface area contributed by atoms with Gasteiger partial charge in [0.05, 0.1) is 17.1 Å². The van der Waals surface area contributed by atoms with Gasteiger partial charge in [-0.25, -0.2) is 9.97 Å². The molecule has 0 radical (unpaired) electrons. The maximum absolute atomic E-state index is 6.12. The van der Waals surface area contributed by atoms with Crippen LogP contribution >= 0.6 is 0 Å². The van der Waals surface area contributed by atoms with Gasteiger partial charge in [0, 0.05) is 5.56 Å². The van der Waals surface area contributed by atoms with Gasteiger partial charge in [0.25, 0.3) is 0 Å². The van der Waals surface area contributed by atoms with Gasteiger partial charge in [-0.2, -0.15) is 0 Å². The minimum absolute atomic E-state index is 0.110. The minimum Gasteiger partial charge on any atom is -0.395 e. The van der Waals surface area contributed by atoms with Crippen molar-refractivity contribution in [1.82, 2.24) is 9.97 Å². The third kappa shape index (κ3) is 2.60. The van der Waals surface area contributed by atoms with E-state index in [9.17, 15) is 0 Å². The van der Waals surface area contributed by atoms with Crippen molar-refractivity contribution in [1.29, 1.82) is 0 Å². The Labute approximate surface area is 114 Å². The first-order valence-electron chi connectivity index (χ1n) is 6.49. The van der Waals surface area contributed by atoms with Crippen molar-refractivity contribution in [2.24, 2.45) is 0 Å². The summed E-state index contributed by atoms with van der Waals surface area (Å²) in [6.07, 6.45) is 1.57. The predicted octanol–water partition coefficient (Wildman–Crippen LogP) is 3.64. The molecule has 0 amide bonds. The minimum atomic E-state index is 0.110. The number of anilines is 1. The van der Waals surface area contributed by atoms with E-state index in [2.05, 4.69) is 55.9 Å². The van der Waals surface area contributed by atoms with Crippen LogP contribution in [0.25, 0.3) is 11.3 Å². The molecule has 0 aliphatic heterocycles. The molecule has 0 saturated heterocycles. The lowest BCUT2D eigenvalue weighted by Gasteiger charge is -2.21. The van der Waals surface area contributed by atoms with E-state index in [-0.39, 0.29) is 5.41 Å². The lowest BCUT2D eigenvalue weighted by Crippen LogP contribution is -2.11. The molecule has 0 aliphatic rings. The second-order valence-electron chi connectivity index (χ2n) is 6.00. The van der Waals surface area contributed by atoms with Crippen molar-refractivity contribution in [2.45, 2.75) is 40.0 Å². The molecule has 2 rings (SSSR count). The van der Waals surface area contributed by atoms with Gasteiger partial charge >= 0.3 is 0 Å². The summed E-state index contributed by atoms with van der Waals surface area (Å²) in [5.41, 5.74) is 12.1. The van der Waals surface area contributed by atoms with Crippen LogP contribution < -0.4 is 5.73 Å². The largest absolute Gasteiger partial charge is 0.395 e. The molecule has 0 saturated carbocycles. The molecule has 1 aromatic carbocycles. The van der Waals surface area contributed by atoms with E-state index in [0.29, 0.717) is 5.69 Å². The van der Waals surface area contributed by atoms with Crippen LogP contribution in [-0.4, -0.2) is 9.97 Å². The maximum Gasteiger partial charge on any atom is 0.116 e. The Bertz CT molecular complexity index is 610. The van der Waals surface area contributed by atoms with Gasteiger partial charge < -0.3 is 5.73 Å². The van der Waals surface area contributed by atoms with Crippen LogP contribution in [0.5, 0.6) is 0 Å². The lowest BCUT2D eigenvalue weighted by molar-refractivity contribution is 0.590. The third-order valence-corrected chi connectivity index (χ3v) is 3.44. The van der Waals surface area contributed by atoms with Gasteiger partial charge in [-0.15, -0.1) is 0 Å². The highest BCUT2D eigenvalue weighted by molar-refractivity contribution is 5.76. The molecular weight excluding hydrogens is 234 g/mol. The van der Waals surface area contributed by atoms with Crippen LogP contribution in [0.1, 0.15) is 37.6 Å². The maximum atomic E-state index is 6.12. The number of hydrogen-bond donors (Lipinski definition) is 1. The molecule has 3 heteroatoms. The summed E-state index contributed by atoms with van der Waals surface area (Å²) in [6, 6.07) is 6.49. The molecular formula is C16H21N3. The van der Waals surface area contributed by atoms with Crippen LogP contribution in [0.3, 0.4) is 0 Å². The molecule has 0 aliphatic carbocycles. The first-order chi connectivity index (χ1) is 8.80. The zero-order valence-electron chi connectivity index (χ0n) is 12.3. The highest BCUT2D eigenvalue weighted by Crippen LogP contribution is 2.32. The van der Waals surface area contributed by atoms with Crippen LogP contribution in [0, 0.1) is 13.8 Å². The molecule has 2 N–H and O–H groups in total. The van der Waals surface area contributed by atoms with E-state index in [4.69, 9.17) is 5.73 Å². The summed E-state index contributed by atoms with van der Waals surface area (Å²) in [4.78, 5) is 8.49. The molecule has 0 bridgehead atoms. The Hall–Kier alpha value is -1.90. The molecule has 0 fully saturated rings. The van der Waals surface area contributed by atoms with Crippen molar-refractivity contribution < 1.29 is 0 Å². The van der Waals surface area contributed by atoms with Gasteiger partial charge in [-0.05, 0) is 36.5 Å². The molecule has 1 aromatic heterocycles. The molecule has 100 valence electrons. The van der Waals surface area contributed by atoms with Gasteiger partial charge in [0.15, 0.2) is 0 Å². The molecule has 1 heterocycles. The molecule has 0 atom stereocenters. The van der Waals surface area contributed by atoms with E-state index in [0.717, 1.165) is 17.0 Å². The lowest BCUT2D eigenvalue weighted by atomic mass is 9.84. The predicted molar refractivity (Wildman–Crippen MR) is 80.1 cm³/mol. The average molecular weight is 255 g/mol. The fourth-order valence-corrected chi connectivity index (χ4v) is 2.04. The second-order valence-corrected chi connectivity index (χ2v) is 6.00. The number of nitrogens with zero attached hydrogens (tertiary/aromatic N) is 2. The fourth-order valence-electron chi connectivity index (χ4n) is 2.04. The summed E-state index contributed by atoms with van der Waals surface area (Å²) < 4.78 is 0. The smallest absolute Gasteiger partial charge is 0.116 e. The quantitative estimate of drug-likeness (QED) is 0.846. The summed E-state index contributed by atoms with van der Waals surface area (Å²) in [7, 11) is 0. The first kappa shape index (κ1) is 13.5. The average Bonchev–Trinajstić information content (AvgIpc) is 2.32. The monoisotopic (exact) mass is 255 g/mol. The zero-order chi connectivity index (χ0) is 14.2. The number of nitrogens with two attached hydrogens (primary N) is 1. The van der Waals surface area contributed by atoms with Gasteiger partial charge in [0.2, 0.25) is 0 Å². The van der Waals surface area contributed by atoms with Gasteiger partial charge in [-0.1, -0.05) is 32.9 Å². The first-order valence-corrected chi connectivity index (χ1v) is 6.49. The Kier molecular flexibility index (Phi) is 3.31. The third-order valence-electron chi connectivity index (χ3n) is 3.44. The number of nitrogen functional groups attached to an aromatic ring is 1. The van der Waals surface area contributed by atoms with Gasteiger partial charge in [-0.3, -0.25) is 0 Å². The van der Waals surface area contributed by atoms with E-state index in [1.54, 1.807) is 6.33 Å². The number of hydrogen-bond acceptors (Lipinski definition) is 3. The topological polar surface area (TPSA) is 51.8 Å². The standard InChI is InChI=1S/C16H21N3/c1-10-6-7-12(16(3,4)5)8-13(10)15-14(17)11(2)18-9-19-15/h6-9H,17H2,1-5H3. The Morgan fingerprint density at radius 2 is 1.74 bits per heavy atom. The van der Waals surface area contributed by atoms with Crippen LogP contribution in [-0.2, 0) is 5.41 Å². The Morgan fingerprint density at radius 3 is 2.37 bits per heavy atom. The van der Waals surface area contributed by atoms with Crippen LogP contribution in [0.2, 0.25) is 0 Å². The van der Waals surface area contributed by atoms with Crippen molar-refractivity contribution in [3.05, 3.63) is 41.3 Å². The number of benzene rings is 1. The number of aromatic nitrogens is 2. The molecule has 0 spiro atoms. The summed E-state index contributed by atoms with van der Waals surface area (Å²) >= 11 is 0. The van der Waals surface area contributed by atoms with E-state index >= 15 is 0 Å². The second kappa shape index (κ2) is 4.65. The molecule has 3 nitrogen and oxygen atoms in total. The Morgan fingerprint density at radius 1 is 1.05 bits per heavy atom. The van der Waals surface area contributed by atoms with E-state index in [1.165, 1.54) is 11.1 Å². The number of rotatable bonds is 1. The van der Waals surface area contributed by atoms with Crippen molar-refractivity contribution in [3.63, 3.8) is 0 Å².